The van der Waals surface area contributed by atoms with Crippen LogP contribution in [0.25, 0.3) is 0 Å². The summed E-state index contributed by atoms with van der Waals surface area (Å²) in [6.45, 7) is 4.21. The van der Waals surface area contributed by atoms with Crippen LogP contribution >= 0.6 is 11.3 Å². The Morgan fingerprint density at radius 1 is 1.62 bits per heavy atom. The van der Waals surface area contributed by atoms with Gasteiger partial charge in [0.1, 0.15) is 6.61 Å². The van der Waals surface area contributed by atoms with Crippen LogP contribution in [0.3, 0.4) is 0 Å². The molecule has 1 amide bonds. The Kier molecular flexibility index (Phi) is 3.77. The molecule has 1 aliphatic heterocycles. The molecular weight excluding hydrogens is 224 g/mol. The number of carbonyl (C=O) groups is 1. The molecule has 0 aromatic carbocycles. The standard InChI is InChI=1S/C11H16N2O2S/c1-9-2-4-13(5-3-9)11(14)15-7-10-6-12-8-16-10/h6,8-9H,2-5,7H2,1H3. The van der Waals surface area contributed by atoms with Gasteiger partial charge in [0.05, 0.1) is 10.4 Å². The van der Waals surface area contributed by atoms with Crippen LogP contribution in [0.15, 0.2) is 11.7 Å². The lowest BCUT2D eigenvalue weighted by molar-refractivity contribution is 0.0844. The first kappa shape index (κ1) is 11.4. The molecule has 2 rings (SSSR count). The van der Waals surface area contributed by atoms with E-state index in [9.17, 15) is 4.79 Å². The van der Waals surface area contributed by atoms with Gasteiger partial charge in [-0.1, -0.05) is 6.92 Å². The fourth-order valence-electron chi connectivity index (χ4n) is 1.73. The number of ether oxygens (including phenoxy) is 1. The van der Waals surface area contributed by atoms with E-state index in [1.807, 2.05) is 0 Å². The summed E-state index contributed by atoms with van der Waals surface area (Å²) >= 11 is 1.51. The first-order valence-corrected chi connectivity index (χ1v) is 6.42. The number of nitrogens with zero attached hydrogens (tertiary/aromatic N) is 2. The summed E-state index contributed by atoms with van der Waals surface area (Å²) in [7, 11) is 0. The Hall–Kier alpha value is -1.10. The summed E-state index contributed by atoms with van der Waals surface area (Å²) in [4.78, 5) is 18.4. The molecule has 0 bridgehead atoms. The molecule has 0 N–H and O–H groups in total. The number of rotatable bonds is 2. The van der Waals surface area contributed by atoms with Gasteiger partial charge in [0, 0.05) is 19.3 Å². The minimum atomic E-state index is -0.194. The molecule has 1 fully saturated rings. The van der Waals surface area contributed by atoms with E-state index in [1.54, 1.807) is 16.6 Å². The van der Waals surface area contributed by atoms with Gasteiger partial charge < -0.3 is 9.64 Å². The Morgan fingerprint density at radius 3 is 3.00 bits per heavy atom. The molecule has 5 heteroatoms. The Labute approximate surface area is 99.2 Å². The molecule has 0 atom stereocenters. The van der Waals surface area contributed by atoms with Crippen molar-refractivity contribution in [2.45, 2.75) is 26.4 Å². The van der Waals surface area contributed by atoms with E-state index in [-0.39, 0.29) is 6.09 Å². The maximum absolute atomic E-state index is 11.7. The topological polar surface area (TPSA) is 42.4 Å². The van der Waals surface area contributed by atoms with Crippen LogP contribution in [0.5, 0.6) is 0 Å². The van der Waals surface area contributed by atoms with Gasteiger partial charge in [-0.15, -0.1) is 11.3 Å². The maximum Gasteiger partial charge on any atom is 0.410 e. The third-order valence-corrected chi connectivity index (χ3v) is 3.62. The van der Waals surface area contributed by atoms with Gasteiger partial charge in [0.2, 0.25) is 0 Å². The summed E-state index contributed by atoms with van der Waals surface area (Å²) in [6, 6.07) is 0. The molecule has 16 heavy (non-hydrogen) atoms. The predicted molar refractivity (Wildman–Crippen MR) is 62.3 cm³/mol. The average Bonchev–Trinajstić information content (AvgIpc) is 2.80. The van der Waals surface area contributed by atoms with Gasteiger partial charge >= 0.3 is 6.09 Å². The van der Waals surface area contributed by atoms with Crippen LogP contribution in [-0.2, 0) is 11.3 Å². The Morgan fingerprint density at radius 2 is 2.38 bits per heavy atom. The van der Waals surface area contributed by atoms with Crippen molar-refractivity contribution in [2.24, 2.45) is 5.92 Å². The maximum atomic E-state index is 11.7. The average molecular weight is 240 g/mol. The van der Waals surface area contributed by atoms with E-state index in [0.717, 1.165) is 36.7 Å². The highest BCUT2D eigenvalue weighted by Crippen LogP contribution is 2.17. The van der Waals surface area contributed by atoms with Crippen molar-refractivity contribution in [2.75, 3.05) is 13.1 Å². The third kappa shape index (κ3) is 2.95. The molecule has 0 aliphatic carbocycles. The van der Waals surface area contributed by atoms with Crippen LogP contribution < -0.4 is 0 Å². The van der Waals surface area contributed by atoms with E-state index in [1.165, 1.54) is 11.3 Å². The van der Waals surface area contributed by atoms with Crippen LogP contribution in [0.2, 0.25) is 0 Å². The highest BCUT2D eigenvalue weighted by atomic mass is 32.1. The number of hydrogen-bond donors (Lipinski definition) is 0. The number of piperidine rings is 1. The van der Waals surface area contributed by atoms with E-state index in [2.05, 4.69) is 11.9 Å². The normalized spacial score (nSPS) is 17.4. The van der Waals surface area contributed by atoms with Crippen LogP contribution in [0.1, 0.15) is 24.6 Å². The van der Waals surface area contributed by atoms with Gasteiger partial charge in [0.15, 0.2) is 0 Å². The number of hydrogen-bond acceptors (Lipinski definition) is 4. The minimum Gasteiger partial charge on any atom is -0.444 e. The molecule has 2 heterocycles. The summed E-state index contributed by atoms with van der Waals surface area (Å²) in [5.74, 6) is 0.727. The predicted octanol–water partition coefficient (Wildman–Crippen LogP) is 2.51. The molecule has 1 aliphatic rings. The fraction of sp³-hybridized carbons (Fsp3) is 0.636. The molecule has 1 aromatic heterocycles. The van der Waals surface area contributed by atoms with Crippen molar-refractivity contribution in [3.05, 3.63) is 16.6 Å². The number of carbonyl (C=O) groups excluding carboxylic acids is 1. The highest BCUT2D eigenvalue weighted by molar-refractivity contribution is 7.09. The first-order chi connectivity index (χ1) is 7.75. The smallest absolute Gasteiger partial charge is 0.410 e. The van der Waals surface area contributed by atoms with Gasteiger partial charge in [0.25, 0.3) is 0 Å². The second kappa shape index (κ2) is 5.30. The van der Waals surface area contributed by atoms with Crippen LogP contribution in [0.4, 0.5) is 4.79 Å². The largest absolute Gasteiger partial charge is 0.444 e. The van der Waals surface area contributed by atoms with Crippen molar-refractivity contribution < 1.29 is 9.53 Å². The Balaban J connectivity index is 1.75. The van der Waals surface area contributed by atoms with Crippen molar-refractivity contribution >= 4 is 17.4 Å². The summed E-state index contributed by atoms with van der Waals surface area (Å²) in [6.07, 6.45) is 3.70. The molecule has 1 saturated heterocycles. The van der Waals surface area contributed by atoms with Crippen LogP contribution in [-0.4, -0.2) is 29.1 Å². The van der Waals surface area contributed by atoms with Crippen molar-refractivity contribution in [1.82, 2.24) is 9.88 Å². The molecular formula is C11H16N2O2S. The van der Waals surface area contributed by atoms with Crippen molar-refractivity contribution in [1.29, 1.82) is 0 Å². The van der Waals surface area contributed by atoms with Crippen LogP contribution in [0, 0.1) is 5.92 Å². The second-order valence-electron chi connectivity index (χ2n) is 4.19. The highest BCUT2D eigenvalue weighted by Gasteiger charge is 2.21. The molecule has 0 spiro atoms. The van der Waals surface area contributed by atoms with Crippen molar-refractivity contribution in [3.8, 4) is 0 Å². The summed E-state index contributed by atoms with van der Waals surface area (Å²) in [5, 5.41) is 0. The monoisotopic (exact) mass is 240 g/mol. The lowest BCUT2D eigenvalue weighted by Crippen LogP contribution is -2.38. The number of aromatic nitrogens is 1. The zero-order valence-electron chi connectivity index (χ0n) is 9.39. The van der Waals surface area contributed by atoms with Gasteiger partial charge in [-0.3, -0.25) is 4.98 Å². The quantitative estimate of drug-likeness (QED) is 0.797. The lowest BCUT2D eigenvalue weighted by atomic mass is 10.00. The van der Waals surface area contributed by atoms with Gasteiger partial charge in [-0.05, 0) is 18.8 Å². The fourth-order valence-corrected chi connectivity index (χ4v) is 2.23. The number of likely N-dealkylation sites (tertiary alicyclic amines) is 1. The van der Waals surface area contributed by atoms with Gasteiger partial charge in [-0.25, -0.2) is 4.79 Å². The molecule has 0 unspecified atom stereocenters. The zero-order chi connectivity index (χ0) is 11.4. The third-order valence-electron chi connectivity index (χ3n) is 2.86. The number of amides is 1. The number of thiazole rings is 1. The first-order valence-electron chi connectivity index (χ1n) is 5.55. The SMILES string of the molecule is CC1CCN(C(=O)OCc2cncs2)CC1. The second-order valence-corrected chi connectivity index (χ2v) is 5.16. The minimum absolute atomic E-state index is 0.194. The van der Waals surface area contributed by atoms with Crippen molar-refractivity contribution in [3.63, 3.8) is 0 Å². The summed E-state index contributed by atoms with van der Waals surface area (Å²) < 4.78 is 5.22. The molecule has 1 aromatic rings. The zero-order valence-corrected chi connectivity index (χ0v) is 10.2. The van der Waals surface area contributed by atoms with E-state index in [0.29, 0.717) is 6.61 Å². The van der Waals surface area contributed by atoms with Gasteiger partial charge in [-0.2, -0.15) is 0 Å². The summed E-state index contributed by atoms with van der Waals surface area (Å²) in [5.41, 5.74) is 1.74. The van der Waals surface area contributed by atoms with E-state index < -0.39 is 0 Å². The lowest BCUT2D eigenvalue weighted by Gasteiger charge is -2.29. The molecule has 4 nitrogen and oxygen atoms in total. The Bertz CT molecular complexity index is 332. The van der Waals surface area contributed by atoms with E-state index >= 15 is 0 Å². The molecule has 0 saturated carbocycles. The van der Waals surface area contributed by atoms with E-state index in [4.69, 9.17) is 4.74 Å². The molecule has 88 valence electrons. The molecule has 0 radical (unpaired) electrons.